The molecule has 0 aliphatic heterocycles. The Bertz CT molecular complexity index is 528. The summed E-state index contributed by atoms with van der Waals surface area (Å²) in [5, 5.41) is 12.2. The second-order valence-corrected chi connectivity index (χ2v) is 6.33. The molecule has 0 fully saturated rings. The number of aromatic nitrogens is 1. The molecule has 0 aliphatic carbocycles. The van der Waals surface area contributed by atoms with Gasteiger partial charge in [-0.25, -0.2) is 4.98 Å². The molecule has 0 spiro atoms. The fourth-order valence-electron chi connectivity index (χ4n) is 1.68. The molecule has 2 aromatic rings. The van der Waals surface area contributed by atoms with E-state index in [2.05, 4.69) is 4.98 Å². The molecule has 5 heteroatoms. The van der Waals surface area contributed by atoms with Gasteiger partial charge < -0.3 is 5.11 Å². The molecular formula is C13H13Cl2NOS. The van der Waals surface area contributed by atoms with E-state index in [1.165, 1.54) is 4.88 Å². The largest absolute Gasteiger partial charge is 0.388 e. The van der Waals surface area contributed by atoms with Gasteiger partial charge in [0.25, 0.3) is 0 Å². The van der Waals surface area contributed by atoms with Crippen molar-refractivity contribution in [3.05, 3.63) is 49.4 Å². The summed E-state index contributed by atoms with van der Waals surface area (Å²) >= 11 is 13.4. The van der Waals surface area contributed by atoms with E-state index in [-0.39, 0.29) is 0 Å². The molecule has 2 nitrogen and oxygen atoms in total. The van der Waals surface area contributed by atoms with Crippen molar-refractivity contribution < 1.29 is 5.11 Å². The SMILES string of the molecule is Cc1nc(CC(O)c2cc(Cl)cc(Cl)c2)sc1C. The van der Waals surface area contributed by atoms with Gasteiger partial charge in [0.05, 0.1) is 16.8 Å². The number of benzene rings is 1. The molecule has 1 atom stereocenters. The Morgan fingerprint density at radius 1 is 1.22 bits per heavy atom. The van der Waals surface area contributed by atoms with Crippen molar-refractivity contribution >= 4 is 34.5 Å². The maximum atomic E-state index is 10.2. The first-order valence-corrected chi connectivity index (χ1v) is 7.10. The van der Waals surface area contributed by atoms with Gasteiger partial charge in [-0.05, 0) is 37.6 Å². The maximum absolute atomic E-state index is 10.2. The number of hydrogen-bond donors (Lipinski definition) is 1. The van der Waals surface area contributed by atoms with Crippen LogP contribution in [0.4, 0.5) is 0 Å². The molecule has 1 N–H and O–H groups in total. The normalized spacial score (nSPS) is 12.7. The van der Waals surface area contributed by atoms with Crippen LogP contribution in [0.15, 0.2) is 18.2 Å². The van der Waals surface area contributed by atoms with Gasteiger partial charge in [0, 0.05) is 21.3 Å². The molecule has 0 amide bonds. The van der Waals surface area contributed by atoms with E-state index in [0.717, 1.165) is 16.3 Å². The Morgan fingerprint density at radius 3 is 2.33 bits per heavy atom. The number of thiazole rings is 1. The Labute approximate surface area is 120 Å². The third-order valence-corrected chi connectivity index (χ3v) is 4.24. The van der Waals surface area contributed by atoms with Crippen molar-refractivity contribution in [2.24, 2.45) is 0 Å². The minimum absolute atomic E-state index is 0.482. The van der Waals surface area contributed by atoms with E-state index in [1.54, 1.807) is 29.5 Å². The van der Waals surface area contributed by atoms with Crippen LogP contribution >= 0.6 is 34.5 Å². The highest BCUT2D eigenvalue weighted by atomic mass is 35.5. The first kappa shape index (κ1) is 13.8. The third kappa shape index (κ3) is 3.23. The highest BCUT2D eigenvalue weighted by Gasteiger charge is 2.13. The topological polar surface area (TPSA) is 33.1 Å². The number of aryl methyl sites for hydroxylation is 2. The average Bonchev–Trinajstić information content (AvgIpc) is 2.56. The van der Waals surface area contributed by atoms with E-state index < -0.39 is 6.10 Å². The Hall–Kier alpha value is -0.610. The minimum Gasteiger partial charge on any atom is -0.388 e. The molecule has 1 heterocycles. The lowest BCUT2D eigenvalue weighted by Crippen LogP contribution is -2.01. The van der Waals surface area contributed by atoms with Crippen LogP contribution in [0.1, 0.15) is 27.2 Å². The molecule has 18 heavy (non-hydrogen) atoms. The molecule has 1 unspecified atom stereocenters. The van der Waals surface area contributed by atoms with Gasteiger partial charge in [0.15, 0.2) is 0 Å². The number of aliphatic hydroxyl groups is 1. The quantitative estimate of drug-likeness (QED) is 0.914. The lowest BCUT2D eigenvalue weighted by Gasteiger charge is -2.10. The number of nitrogens with zero attached hydrogens (tertiary/aromatic N) is 1. The van der Waals surface area contributed by atoms with Crippen LogP contribution in [0.25, 0.3) is 0 Å². The summed E-state index contributed by atoms with van der Waals surface area (Å²) in [5.41, 5.74) is 1.74. The number of rotatable bonds is 3. The lowest BCUT2D eigenvalue weighted by atomic mass is 10.1. The van der Waals surface area contributed by atoms with Gasteiger partial charge in [-0.3, -0.25) is 0 Å². The Balaban J connectivity index is 2.18. The van der Waals surface area contributed by atoms with Crippen molar-refractivity contribution in [2.45, 2.75) is 26.4 Å². The van der Waals surface area contributed by atoms with E-state index >= 15 is 0 Å². The smallest absolute Gasteiger partial charge is 0.0960 e. The van der Waals surface area contributed by atoms with Crippen LogP contribution < -0.4 is 0 Å². The first-order valence-electron chi connectivity index (χ1n) is 5.52. The maximum Gasteiger partial charge on any atom is 0.0960 e. The third-order valence-electron chi connectivity index (χ3n) is 2.71. The van der Waals surface area contributed by atoms with Crippen LogP contribution in [0.5, 0.6) is 0 Å². The lowest BCUT2D eigenvalue weighted by molar-refractivity contribution is 0.178. The van der Waals surface area contributed by atoms with Gasteiger partial charge in [-0.1, -0.05) is 23.2 Å². The summed E-state index contributed by atoms with van der Waals surface area (Å²) in [7, 11) is 0. The van der Waals surface area contributed by atoms with Crippen molar-refractivity contribution in [3.8, 4) is 0 Å². The molecule has 2 rings (SSSR count). The second kappa shape index (κ2) is 5.57. The first-order chi connectivity index (χ1) is 8.45. The van der Waals surface area contributed by atoms with Crippen LogP contribution in [0, 0.1) is 13.8 Å². The zero-order chi connectivity index (χ0) is 13.3. The molecule has 0 saturated heterocycles. The molecule has 0 saturated carbocycles. The van der Waals surface area contributed by atoms with Gasteiger partial charge in [0.2, 0.25) is 0 Å². The molecular weight excluding hydrogens is 289 g/mol. The molecule has 1 aromatic carbocycles. The van der Waals surface area contributed by atoms with Crippen molar-refractivity contribution in [1.29, 1.82) is 0 Å². The van der Waals surface area contributed by atoms with E-state index in [1.807, 2.05) is 13.8 Å². The summed E-state index contributed by atoms with van der Waals surface area (Å²) in [6.45, 7) is 4.00. The Morgan fingerprint density at radius 2 is 1.83 bits per heavy atom. The van der Waals surface area contributed by atoms with Gasteiger partial charge in [-0.15, -0.1) is 11.3 Å². The predicted molar refractivity (Wildman–Crippen MR) is 76.7 cm³/mol. The summed E-state index contributed by atoms with van der Waals surface area (Å²) in [6, 6.07) is 5.11. The van der Waals surface area contributed by atoms with Crippen LogP contribution in [0.3, 0.4) is 0 Å². The number of halogens is 2. The second-order valence-electron chi connectivity index (χ2n) is 4.17. The van der Waals surface area contributed by atoms with Gasteiger partial charge in [-0.2, -0.15) is 0 Å². The summed E-state index contributed by atoms with van der Waals surface area (Å²) in [4.78, 5) is 5.59. The molecule has 0 bridgehead atoms. The fourth-order valence-corrected chi connectivity index (χ4v) is 3.19. The van der Waals surface area contributed by atoms with Gasteiger partial charge in [0.1, 0.15) is 0 Å². The molecule has 0 aliphatic rings. The van der Waals surface area contributed by atoms with Crippen LogP contribution in [-0.4, -0.2) is 10.1 Å². The van der Waals surface area contributed by atoms with Gasteiger partial charge >= 0.3 is 0 Å². The molecule has 0 radical (unpaired) electrons. The summed E-state index contributed by atoms with van der Waals surface area (Å²) in [5.74, 6) is 0. The highest BCUT2D eigenvalue weighted by Crippen LogP contribution is 2.27. The Kier molecular flexibility index (Phi) is 4.28. The zero-order valence-electron chi connectivity index (χ0n) is 10.1. The van der Waals surface area contributed by atoms with Crippen molar-refractivity contribution in [2.75, 3.05) is 0 Å². The van der Waals surface area contributed by atoms with Crippen LogP contribution in [0.2, 0.25) is 10.0 Å². The monoisotopic (exact) mass is 301 g/mol. The minimum atomic E-state index is -0.633. The molecule has 1 aromatic heterocycles. The van der Waals surface area contributed by atoms with Crippen LogP contribution in [-0.2, 0) is 6.42 Å². The van der Waals surface area contributed by atoms with E-state index in [9.17, 15) is 5.11 Å². The predicted octanol–water partition coefficient (Wildman–Crippen LogP) is 4.34. The standard InChI is InChI=1S/C13H13Cl2NOS/c1-7-8(2)18-13(16-7)6-12(17)9-3-10(14)5-11(15)4-9/h3-5,12,17H,6H2,1-2H3. The summed E-state index contributed by atoms with van der Waals surface area (Å²) in [6.07, 6.45) is -0.151. The van der Waals surface area contributed by atoms with Crippen molar-refractivity contribution in [3.63, 3.8) is 0 Å². The molecule has 96 valence electrons. The number of aliphatic hydroxyl groups excluding tert-OH is 1. The highest BCUT2D eigenvalue weighted by molar-refractivity contribution is 7.11. The fraction of sp³-hybridized carbons (Fsp3) is 0.308. The summed E-state index contributed by atoms with van der Waals surface area (Å²) < 4.78 is 0. The average molecular weight is 302 g/mol. The van der Waals surface area contributed by atoms with Crippen molar-refractivity contribution in [1.82, 2.24) is 4.98 Å². The zero-order valence-corrected chi connectivity index (χ0v) is 12.4. The number of hydrogen-bond acceptors (Lipinski definition) is 3. The van der Waals surface area contributed by atoms with E-state index in [0.29, 0.717) is 16.5 Å². The van der Waals surface area contributed by atoms with E-state index in [4.69, 9.17) is 23.2 Å².